The number of carbonyl (C=O) groups excluding carboxylic acids is 1. The molecule has 13 heteroatoms. The summed E-state index contributed by atoms with van der Waals surface area (Å²) in [5, 5.41) is 10.7. The van der Waals surface area contributed by atoms with Crippen molar-refractivity contribution in [3.8, 4) is 5.75 Å². The van der Waals surface area contributed by atoms with Crippen LogP contribution in [-0.2, 0) is 10.0 Å². The molecule has 1 saturated heterocycles. The van der Waals surface area contributed by atoms with Crippen LogP contribution in [0, 0.1) is 0 Å². The number of rotatable bonds is 6. The Labute approximate surface area is 204 Å². The fraction of sp³-hybridized carbons (Fsp3) is 0.250. The molecule has 4 rings (SSSR count). The molecule has 9 nitrogen and oxygen atoms in total. The first-order chi connectivity index (χ1) is 15.8. The van der Waals surface area contributed by atoms with Crippen molar-refractivity contribution in [2.24, 2.45) is 0 Å². The van der Waals surface area contributed by atoms with Gasteiger partial charge in [0.15, 0.2) is 0 Å². The number of hydrogen-bond donors (Lipinski definition) is 1. The number of methoxy groups -OCH3 is 1. The quantitative estimate of drug-likeness (QED) is 0.488. The molecular formula is C20H19Cl2N5O4S2. The Bertz CT molecular complexity index is 1280. The highest BCUT2D eigenvalue weighted by Crippen LogP contribution is 2.30. The first kappa shape index (κ1) is 23.7. The van der Waals surface area contributed by atoms with Gasteiger partial charge in [-0.15, -0.1) is 10.2 Å². The zero-order valence-corrected chi connectivity index (χ0v) is 20.5. The Kier molecular flexibility index (Phi) is 7.05. The topological polar surface area (TPSA) is 105 Å². The first-order valence-corrected chi connectivity index (χ1v) is 12.8. The molecule has 1 amide bonds. The molecule has 1 aliphatic rings. The number of halogens is 2. The molecule has 33 heavy (non-hydrogen) atoms. The second kappa shape index (κ2) is 9.82. The van der Waals surface area contributed by atoms with Gasteiger partial charge in [0, 0.05) is 31.2 Å². The highest BCUT2D eigenvalue weighted by molar-refractivity contribution is 7.91. The smallest absolute Gasteiger partial charge is 0.272 e. The fourth-order valence-electron chi connectivity index (χ4n) is 3.37. The van der Waals surface area contributed by atoms with E-state index in [2.05, 4.69) is 20.4 Å². The summed E-state index contributed by atoms with van der Waals surface area (Å²) >= 11 is 12.7. The Morgan fingerprint density at radius 3 is 2.52 bits per heavy atom. The van der Waals surface area contributed by atoms with Gasteiger partial charge in [0.2, 0.25) is 9.47 Å². The van der Waals surface area contributed by atoms with E-state index in [9.17, 15) is 13.2 Å². The summed E-state index contributed by atoms with van der Waals surface area (Å²) in [5.74, 6) is 0.196. The maximum Gasteiger partial charge on any atom is 0.272 e. The Morgan fingerprint density at radius 2 is 1.82 bits per heavy atom. The van der Waals surface area contributed by atoms with Crippen molar-refractivity contribution in [1.82, 2.24) is 14.5 Å². The Hall–Kier alpha value is -2.44. The van der Waals surface area contributed by atoms with E-state index in [0.717, 1.165) is 22.8 Å². The van der Waals surface area contributed by atoms with Gasteiger partial charge < -0.3 is 9.64 Å². The minimum absolute atomic E-state index is 0.0530. The van der Waals surface area contributed by atoms with Crippen LogP contribution in [0.2, 0.25) is 10.0 Å². The molecule has 0 unspecified atom stereocenters. The number of nitrogens with zero attached hydrogens (tertiary/aromatic N) is 4. The lowest BCUT2D eigenvalue weighted by Gasteiger charge is -2.35. The number of sulfonamides is 1. The normalized spacial score (nSPS) is 14.8. The fourth-order valence-corrected chi connectivity index (χ4v) is 6.32. The van der Waals surface area contributed by atoms with E-state index < -0.39 is 15.9 Å². The van der Waals surface area contributed by atoms with E-state index in [4.69, 9.17) is 27.9 Å². The largest absolute Gasteiger partial charge is 0.495 e. The van der Waals surface area contributed by atoms with Gasteiger partial charge in [0.05, 0.1) is 23.4 Å². The molecule has 2 aromatic carbocycles. The standard InChI is InChI=1S/C20H19Cl2N5O4S2/c1-31-17-5-3-2-4-16(17)26-8-10-27(11-9-26)33(29,30)20-25-24-19(32-20)23-18(28)14-7-6-13(21)12-15(14)22/h2-7,12H,8-11H2,1H3,(H,23,24,28). The molecule has 1 N–H and O–H groups in total. The van der Waals surface area contributed by atoms with E-state index in [1.807, 2.05) is 24.3 Å². The van der Waals surface area contributed by atoms with Gasteiger partial charge in [-0.2, -0.15) is 4.31 Å². The van der Waals surface area contributed by atoms with Crippen LogP contribution in [-0.4, -0.2) is 62.1 Å². The number of carbonyl (C=O) groups is 1. The van der Waals surface area contributed by atoms with Crippen LogP contribution in [0.1, 0.15) is 10.4 Å². The number of amides is 1. The van der Waals surface area contributed by atoms with E-state index >= 15 is 0 Å². The number of para-hydroxylation sites is 2. The van der Waals surface area contributed by atoms with Crippen LogP contribution in [0.4, 0.5) is 10.8 Å². The Morgan fingerprint density at radius 1 is 1.09 bits per heavy atom. The van der Waals surface area contributed by atoms with E-state index in [0.29, 0.717) is 18.1 Å². The maximum atomic E-state index is 13.1. The van der Waals surface area contributed by atoms with Crippen LogP contribution in [0.15, 0.2) is 46.8 Å². The molecule has 0 aliphatic carbocycles. The average molecular weight is 528 g/mol. The van der Waals surface area contributed by atoms with Gasteiger partial charge in [-0.3, -0.25) is 10.1 Å². The molecule has 1 fully saturated rings. The van der Waals surface area contributed by atoms with Gasteiger partial charge >= 0.3 is 0 Å². The van der Waals surface area contributed by atoms with Crippen molar-refractivity contribution in [2.75, 3.05) is 43.5 Å². The molecular weight excluding hydrogens is 509 g/mol. The van der Waals surface area contributed by atoms with Crippen molar-refractivity contribution in [2.45, 2.75) is 4.34 Å². The summed E-state index contributed by atoms with van der Waals surface area (Å²) in [4.78, 5) is 14.5. The first-order valence-electron chi connectivity index (χ1n) is 9.77. The predicted molar refractivity (Wildman–Crippen MR) is 128 cm³/mol. The van der Waals surface area contributed by atoms with Crippen molar-refractivity contribution >= 4 is 61.3 Å². The SMILES string of the molecule is COc1ccccc1N1CCN(S(=O)(=O)c2nnc(NC(=O)c3ccc(Cl)cc3Cl)s2)CC1. The molecule has 0 radical (unpaired) electrons. The number of piperazine rings is 1. The van der Waals surface area contributed by atoms with Gasteiger partial charge in [-0.25, -0.2) is 8.42 Å². The number of ether oxygens (including phenoxy) is 1. The second-order valence-electron chi connectivity index (χ2n) is 7.01. The summed E-state index contributed by atoms with van der Waals surface area (Å²) in [6.07, 6.45) is 0. The summed E-state index contributed by atoms with van der Waals surface area (Å²) in [7, 11) is -2.25. The van der Waals surface area contributed by atoms with E-state index in [-0.39, 0.29) is 33.1 Å². The molecule has 0 bridgehead atoms. The average Bonchev–Trinajstić information content (AvgIpc) is 3.28. The monoisotopic (exact) mass is 527 g/mol. The summed E-state index contributed by atoms with van der Waals surface area (Å²) < 4.78 is 32.7. The molecule has 0 saturated carbocycles. The van der Waals surface area contributed by atoms with Crippen molar-refractivity contribution in [1.29, 1.82) is 0 Å². The Balaban J connectivity index is 1.43. The van der Waals surface area contributed by atoms with Crippen LogP contribution in [0.3, 0.4) is 0 Å². The second-order valence-corrected chi connectivity index (χ2v) is 10.9. The maximum absolute atomic E-state index is 13.1. The third kappa shape index (κ3) is 5.07. The van der Waals surface area contributed by atoms with Gasteiger partial charge in [0.25, 0.3) is 15.9 Å². The lowest BCUT2D eigenvalue weighted by molar-refractivity contribution is 0.102. The summed E-state index contributed by atoms with van der Waals surface area (Å²) in [5.41, 5.74) is 1.10. The molecule has 174 valence electrons. The number of hydrogen-bond acceptors (Lipinski definition) is 8. The van der Waals surface area contributed by atoms with Gasteiger partial charge in [-0.05, 0) is 30.3 Å². The number of nitrogens with one attached hydrogen (secondary N) is 1. The summed E-state index contributed by atoms with van der Waals surface area (Å²) in [6, 6.07) is 12.1. The minimum atomic E-state index is -3.85. The third-order valence-electron chi connectivity index (χ3n) is 5.03. The minimum Gasteiger partial charge on any atom is -0.495 e. The molecule has 2 heterocycles. The van der Waals surface area contributed by atoms with Crippen molar-refractivity contribution in [3.05, 3.63) is 58.1 Å². The van der Waals surface area contributed by atoms with Crippen LogP contribution in [0.25, 0.3) is 0 Å². The van der Waals surface area contributed by atoms with Crippen LogP contribution < -0.4 is 15.0 Å². The lowest BCUT2D eigenvalue weighted by Crippen LogP contribution is -2.48. The van der Waals surface area contributed by atoms with E-state index in [1.54, 1.807) is 7.11 Å². The van der Waals surface area contributed by atoms with Crippen molar-refractivity contribution < 1.29 is 17.9 Å². The van der Waals surface area contributed by atoms with Crippen LogP contribution >= 0.6 is 34.5 Å². The lowest BCUT2D eigenvalue weighted by atomic mass is 10.2. The molecule has 0 spiro atoms. The van der Waals surface area contributed by atoms with Crippen LogP contribution in [0.5, 0.6) is 5.75 Å². The zero-order valence-electron chi connectivity index (χ0n) is 17.4. The highest BCUT2D eigenvalue weighted by Gasteiger charge is 2.32. The third-order valence-corrected chi connectivity index (χ3v) is 8.66. The van der Waals surface area contributed by atoms with Gasteiger partial charge in [0.1, 0.15) is 5.75 Å². The molecule has 1 aliphatic heterocycles. The molecule has 3 aromatic rings. The predicted octanol–water partition coefficient (Wildman–Crippen LogP) is 3.62. The summed E-state index contributed by atoms with van der Waals surface area (Å²) in [6.45, 7) is 1.55. The number of anilines is 2. The van der Waals surface area contributed by atoms with Gasteiger partial charge in [-0.1, -0.05) is 46.7 Å². The van der Waals surface area contributed by atoms with Crippen molar-refractivity contribution in [3.63, 3.8) is 0 Å². The number of aromatic nitrogens is 2. The van der Waals surface area contributed by atoms with E-state index in [1.165, 1.54) is 22.5 Å². The molecule has 1 aromatic heterocycles. The zero-order chi connectivity index (χ0) is 23.6. The molecule has 0 atom stereocenters. The highest BCUT2D eigenvalue weighted by atomic mass is 35.5. The number of benzene rings is 2.